The monoisotopic (exact) mass is 540 g/mol. The topological polar surface area (TPSA) is 34.1 Å². The van der Waals surface area contributed by atoms with E-state index in [9.17, 15) is 8.42 Å². The van der Waals surface area contributed by atoms with Gasteiger partial charge in [-0.15, -0.1) is 0 Å². The summed E-state index contributed by atoms with van der Waals surface area (Å²) in [6.07, 6.45) is 0. The van der Waals surface area contributed by atoms with Crippen LogP contribution in [-0.2, 0) is 15.6 Å². The van der Waals surface area contributed by atoms with E-state index in [0.717, 1.165) is 21.5 Å². The molecule has 0 heterocycles. The van der Waals surface area contributed by atoms with Gasteiger partial charge in [-0.25, -0.2) is 8.42 Å². The zero-order valence-corrected chi connectivity index (χ0v) is 22.6. The van der Waals surface area contributed by atoms with Crippen LogP contribution in [0.25, 0.3) is 0 Å². The van der Waals surface area contributed by atoms with E-state index in [2.05, 4.69) is 36.4 Å². The smallest absolute Gasteiger partial charge is 0.184 e. The lowest BCUT2D eigenvalue weighted by Gasteiger charge is -2.33. The van der Waals surface area contributed by atoms with Crippen LogP contribution < -0.4 is 15.9 Å². The van der Waals surface area contributed by atoms with Crippen LogP contribution in [0.1, 0.15) is 11.1 Å². The molecule has 5 aromatic rings. The van der Waals surface area contributed by atoms with E-state index in [-0.39, 0.29) is 5.75 Å². The van der Waals surface area contributed by atoms with E-state index in [1.54, 1.807) is 12.1 Å². The molecule has 0 unspecified atom stereocenters. The van der Waals surface area contributed by atoms with Crippen LogP contribution in [0.15, 0.2) is 146 Å². The van der Waals surface area contributed by atoms with Gasteiger partial charge in [0.25, 0.3) is 0 Å². The molecule has 37 heavy (non-hydrogen) atoms. The Bertz CT molecular complexity index is 1550. The second-order valence-electron chi connectivity index (χ2n) is 8.74. The summed E-state index contributed by atoms with van der Waals surface area (Å²) in [7, 11) is -3.84. The summed E-state index contributed by atoms with van der Waals surface area (Å²) in [5, 5.41) is 3.41. The molecule has 0 N–H and O–H groups in total. The van der Waals surface area contributed by atoms with Crippen LogP contribution in [0.4, 0.5) is 0 Å². The molecule has 0 saturated carbocycles. The van der Waals surface area contributed by atoms with Crippen molar-refractivity contribution in [1.29, 1.82) is 0 Å². The van der Waals surface area contributed by atoms with Crippen LogP contribution in [0.3, 0.4) is 0 Å². The lowest BCUT2D eigenvalue weighted by molar-refractivity contribution is 0.607. The van der Waals surface area contributed by atoms with Crippen LogP contribution in [0, 0.1) is 0 Å². The van der Waals surface area contributed by atoms with Crippen molar-refractivity contribution in [2.75, 3.05) is 0 Å². The van der Waals surface area contributed by atoms with E-state index in [0.29, 0.717) is 15.2 Å². The van der Waals surface area contributed by atoms with Crippen molar-refractivity contribution in [3.63, 3.8) is 0 Å². The first-order valence-corrected chi connectivity index (χ1v) is 15.8. The molecule has 0 radical (unpaired) electrons. The van der Waals surface area contributed by atoms with E-state index < -0.39 is 16.7 Å². The Morgan fingerprint density at radius 3 is 1.43 bits per heavy atom. The maximum Gasteiger partial charge on any atom is 0.184 e. The predicted molar refractivity (Wildman–Crippen MR) is 160 cm³/mol. The summed E-state index contributed by atoms with van der Waals surface area (Å²) in [5.74, 6) is -0.107. The fraction of sp³-hybridized carbons (Fsp3) is 0.0312. The van der Waals surface area contributed by atoms with Gasteiger partial charge in [0.1, 0.15) is 0 Å². The predicted octanol–water partition coefficient (Wildman–Crippen LogP) is 6.43. The molecule has 5 rings (SSSR count). The first-order chi connectivity index (χ1) is 18.0. The van der Waals surface area contributed by atoms with Crippen molar-refractivity contribution in [3.8, 4) is 0 Å². The molecule has 0 fully saturated rings. The standard InChI is InChI=1S/C32H26ClO2PS/c33-28-17-13-16-27(24-28)32(37(34,35)25-26-14-5-1-6-15-26)36(29-18-7-2-8-19-29,30-20-9-3-10-21-30)31-22-11-4-12-23-31/h1-24H,25H2. The summed E-state index contributed by atoms with van der Waals surface area (Å²) in [6, 6.07) is 46.7. The van der Waals surface area contributed by atoms with Crippen LogP contribution in [-0.4, -0.2) is 13.0 Å². The molecule has 184 valence electrons. The Hall–Kier alpha value is -3.36. The van der Waals surface area contributed by atoms with Gasteiger partial charge in [-0.3, -0.25) is 0 Å². The first kappa shape index (κ1) is 25.3. The summed E-state index contributed by atoms with van der Waals surface area (Å²) in [5.41, 5.74) is 1.36. The fourth-order valence-electron chi connectivity index (χ4n) is 4.82. The fourth-order valence-corrected chi connectivity index (χ4v) is 13.1. The normalized spacial score (nSPS) is 11.7. The van der Waals surface area contributed by atoms with E-state index in [4.69, 9.17) is 11.6 Å². The average molecular weight is 541 g/mol. The molecule has 0 atom stereocenters. The van der Waals surface area contributed by atoms with Gasteiger partial charge in [0.2, 0.25) is 0 Å². The number of sulfone groups is 1. The van der Waals surface area contributed by atoms with Gasteiger partial charge in [-0.1, -0.05) is 145 Å². The van der Waals surface area contributed by atoms with Gasteiger partial charge in [0, 0.05) is 5.02 Å². The molecule has 0 aliphatic carbocycles. The minimum absolute atomic E-state index is 0.107. The van der Waals surface area contributed by atoms with Gasteiger partial charge in [0.05, 0.1) is 10.4 Å². The molecule has 0 aromatic heterocycles. The zero-order chi connectivity index (χ0) is 25.7. The summed E-state index contributed by atoms with van der Waals surface area (Å²) >= 11 is 6.49. The van der Waals surface area contributed by atoms with Crippen LogP contribution >= 0.6 is 18.5 Å². The van der Waals surface area contributed by atoms with Gasteiger partial charge in [-0.2, -0.15) is 0 Å². The molecule has 0 bridgehead atoms. The number of hydrogen-bond donors (Lipinski definition) is 0. The molecule has 5 aromatic carbocycles. The second-order valence-corrected chi connectivity index (χ2v) is 14.7. The minimum atomic E-state index is -3.84. The van der Waals surface area contributed by atoms with Gasteiger partial charge >= 0.3 is 0 Å². The van der Waals surface area contributed by atoms with Crippen LogP contribution in [0.5, 0.6) is 0 Å². The van der Waals surface area contributed by atoms with E-state index >= 15 is 0 Å². The van der Waals surface area contributed by atoms with Crippen molar-refractivity contribution in [2.24, 2.45) is 0 Å². The largest absolute Gasteiger partial charge is 0.223 e. The molecule has 5 heteroatoms. The van der Waals surface area contributed by atoms with Gasteiger partial charge in [0.15, 0.2) is 9.84 Å². The molecule has 0 saturated heterocycles. The zero-order valence-electron chi connectivity index (χ0n) is 20.1. The number of benzene rings is 5. The van der Waals surface area contributed by atoms with Crippen molar-refractivity contribution < 1.29 is 8.42 Å². The summed E-state index contributed by atoms with van der Waals surface area (Å²) < 4.78 is 29.9. The third-order valence-corrected chi connectivity index (χ3v) is 13.8. The van der Waals surface area contributed by atoms with Crippen molar-refractivity contribution >= 4 is 48.9 Å². The SMILES string of the molecule is O=S(=O)(Cc1ccccc1)C(c1cccc(Cl)c1)=P(c1ccccc1)(c1ccccc1)c1ccccc1. The highest BCUT2D eigenvalue weighted by molar-refractivity contribution is 8.20. The quantitative estimate of drug-likeness (QED) is 0.223. The third-order valence-electron chi connectivity index (χ3n) is 6.30. The third kappa shape index (κ3) is 5.08. The van der Waals surface area contributed by atoms with Crippen LogP contribution in [0.2, 0.25) is 5.02 Å². The van der Waals surface area contributed by atoms with Gasteiger partial charge in [-0.05, 0) is 46.1 Å². The first-order valence-electron chi connectivity index (χ1n) is 12.0. The second kappa shape index (κ2) is 10.9. The van der Waals surface area contributed by atoms with E-state index in [1.807, 2.05) is 97.1 Å². The highest BCUT2D eigenvalue weighted by Crippen LogP contribution is 2.49. The highest BCUT2D eigenvalue weighted by atomic mass is 35.5. The van der Waals surface area contributed by atoms with Crippen molar-refractivity contribution in [1.82, 2.24) is 0 Å². The molecular formula is C32H26ClO2PS. The van der Waals surface area contributed by atoms with Crippen molar-refractivity contribution in [2.45, 2.75) is 5.75 Å². The number of rotatable bonds is 7. The lowest BCUT2D eigenvalue weighted by atomic mass is 10.2. The minimum Gasteiger partial charge on any atom is -0.223 e. The van der Waals surface area contributed by atoms with Gasteiger partial charge < -0.3 is 0 Å². The Balaban J connectivity index is 2.04. The lowest BCUT2D eigenvalue weighted by Crippen LogP contribution is -2.34. The van der Waals surface area contributed by atoms with Crippen molar-refractivity contribution in [3.05, 3.63) is 162 Å². The summed E-state index contributed by atoms with van der Waals surface area (Å²) in [6.45, 7) is -2.89. The summed E-state index contributed by atoms with van der Waals surface area (Å²) in [4.78, 5) is 0. The molecule has 0 spiro atoms. The number of hydrogen-bond acceptors (Lipinski definition) is 2. The molecule has 2 nitrogen and oxygen atoms in total. The molecular weight excluding hydrogens is 515 g/mol. The Labute approximate surface area is 224 Å². The maximum atomic E-state index is 14.7. The molecule has 0 aliphatic rings. The highest BCUT2D eigenvalue weighted by Gasteiger charge is 2.37. The average Bonchev–Trinajstić information content (AvgIpc) is 2.93. The molecule has 0 amide bonds. The Kier molecular flexibility index (Phi) is 7.48. The Morgan fingerprint density at radius 2 is 1.00 bits per heavy atom. The Morgan fingerprint density at radius 1 is 0.568 bits per heavy atom. The molecule has 0 aliphatic heterocycles. The van der Waals surface area contributed by atoms with E-state index in [1.165, 1.54) is 0 Å². The number of halogens is 1. The maximum absolute atomic E-state index is 14.7.